The van der Waals surface area contributed by atoms with Crippen molar-refractivity contribution in [3.05, 3.63) is 32.9 Å². The molecule has 0 aromatic heterocycles. The van der Waals surface area contributed by atoms with Crippen LogP contribution >= 0.6 is 15.9 Å². The van der Waals surface area contributed by atoms with Gasteiger partial charge in [0.1, 0.15) is 0 Å². The predicted octanol–water partition coefficient (Wildman–Crippen LogP) is 2.09. The van der Waals surface area contributed by atoms with Gasteiger partial charge >= 0.3 is 0 Å². The van der Waals surface area contributed by atoms with Crippen LogP contribution in [0.15, 0.2) is 27.5 Å². The summed E-state index contributed by atoms with van der Waals surface area (Å²) in [6.45, 7) is 0. The van der Waals surface area contributed by atoms with Gasteiger partial charge in [-0.05, 0) is 33.4 Å². The Morgan fingerprint density at radius 1 is 1.11 bits per heavy atom. The maximum Gasteiger partial charge on any atom is 0.232 e. The average molecular weight is 313 g/mol. The van der Waals surface area contributed by atoms with Crippen molar-refractivity contribution >= 4 is 26.7 Å². The number of hydrogen-bond acceptors (Lipinski definition) is 5. The highest BCUT2D eigenvalue weighted by atomic mass is 79.9. The lowest BCUT2D eigenvalue weighted by molar-refractivity contribution is 0.353. The van der Waals surface area contributed by atoms with Crippen LogP contribution < -0.4 is 10.2 Å². The van der Waals surface area contributed by atoms with Crippen molar-refractivity contribution in [2.75, 3.05) is 7.11 Å². The lowest BCUT2D eigenvalue weighted by Gasteiger charge is -2.06. The highest BCUT2D eigenvalue weighted by Gasteiger charge is 2.16. The van der Waals surface area contributed by atoms with Gasteiger partial charge in [-0.1, -0.05) is 6.07 Å². The first-order valence-electron chi connectivity index (χ1n) is 4.91. The summed E-state index contributed by atoms with van der Waals surface area (Å²) >= 11 is 3.03. The van der Waals surface area contributed by atoms with Gasteiger partial charge < -0.3 is 20.1 Å². The Hall–Kier alpha value is -1.95. The van der Waals surface area contributed by atoms with Crippen molar-refractivity contribution in [2.45, 2.75) is 0 Å². The molecule has 94 valence electrons. The van der Waals surface area contributed by atoms with Gasteiger partial charge in [0, 0.05) is 0 Å². The highest BCUT2D eigenvalue weighted by Crippen LogP contribution is 2.40. The number of phenols is 2. The van der Waals surface area contributed by atoms with Crippen LogP contribution in [0.4, 0.5) is 0 Å². The van der Waals surface area contributed by atoms with Crippen LogP contribution in [-0.4, -0.2) is 22.4 Å². The van der Waals surface area contributed by atoms with E-state index >= 15 is 0 Å². The average Bonchev–Trinajstić information content (AvgIpc) is 2.46. The monoisotopic (exact) mass is 312 g/mol. The number of rotatable bonds is 1. The van der Waals surface area contributed by atoms with Gasteiger partial charge in [-0.25, -0.2) is 0 Å². The molecule has 0 saturated carbocycles. The van der Waals surface area contributed by atoms with Gasteiger partial charge in [-0.3, -0.25) is 4.79 Å². The summed E-state index contributed by atoms with van der Waals surface area (Å²) < 4.78 is 5.07. The van der Waals surface area contributed by atoms with E-state index in [0.717, 1.165) is 0 Å². The van der Waals surface area contributed by atoms with E-state index < -0.39 is 22.7 Å². The van der Waals surface area contributed by atoms with Gasteiger partial charge in [0.15, 0.2) is 17.2 Å². The third-order valence-corrected chi connectivity index (χ3v) is 3.21. The zero-order chi connectivity index (χ0) is 13.4. The number of hydrogen-bond donors (Lipinski definition) is 3. The molecule has 0 fully saturated rings. The second-order valence-corrected chi connectivity index (χ2v) is 4.45. The normalized spacial score (nSPS) is 10.6. The summed E-state index contributed by atoms with van der Waals surface area (Å²) in [6.07, 6.45) is 0. The molecule has 0 aliphatic heterocycles. The number of fused-ring (bicyclic) bond motifs is 1. The van der Waals surface area contributed by atoms with E-state index in [1.807, 2.05) is 0 Å². The highest BCUT2D eigenvalue weighted by molar-refractivity contribution is 9.10. The van der Waals surface area contributed by atoms with Crippen molar-refractivity contribution in [1.82, 2.24) is 0 Å². The Bertz CT molecular complexity index is 696. The molecule has 2 aromatic carbocycles. The smallest absolute Gasteiger partial charge is 0.232 e. The molecule has 2 aromatic rings. The van der Waals surface area contributed by atoms with E-state index in [2.05, 4.69) is 15.9 Å². The van der Waals surface area contributed by atoms with Crippen LogP contribution in [0.1, 0.15) is 0 Å². The molecule has 0 amide bonds. The predicted molar refractivity (Wildman–Crippen MR) is 69.5 cm³/mol. The number of aromatic hydroxyl groups is 3. The summed E-state index contributed by atoms with van der Waals surface area (Å²) in [6, 6.07) is 4.38. The van der Waals surface area contributed by atoms with Crippen LogP contribution in [0, 0.1) is 0 Å². The van der Waals surface area contributed by atoms with Crippen LogP contribution in [0.5, 0.6) is 23.0 Å². The molecule has 6 heteroatoms. The second kappa shape index (κ2) is 4.38. The van der Waals surface area contributed by atoms with E-state index in [-0.39, 0.29) is 15.6 Å². The first-order valence-corrected chi connectivity index (χ1v) is 5.71. The Balaban J connectivity index is 3.09. The maximum absolute atomic E-state index is 11.9. The number of halogens is 1. The zero-order valence-corrected chi connectivity index (χ0v) is 10.9. The zero-order valence-electron chi connectivity index (χ0n) is 9.27. The molecule has 0 spiro atoms. The third-order valence-electron chi connectivity index (χ3n) is 2.57. The summed E-state index contributed by atoms with van der Waals surface area (Å²) in [5, 5.41) is 29.3. The lowest BCUT2D eigenvalue weighted by atomic mass is 10.1. The topological polar surface area (TPSA) is 87.0 Å². The molecule has 0 aliphatic carbocycles. The third kappa shape index (κ3) is 1.74. The minimum absolute atomic E-state index is 0.0428. The Morgan fingerprint density at radius 3 is 2.39 bits per heavy atom. The molecule has 0 bridgehead atoms. The summed E-state index contributed by atoms with van der Waals surface area (Å²) in [4.78, 5) is 11.9. The second-order valence-electron chi connectivity index (χ2n) is 3.60. The van der Waals surface area contributed by atoms with Crippen LogP contribution in [0.3, 0.4) is 0 Å². The van der Waals surface area contributed by atoms with Gasteiger partial charge in [-0.15, -0.1) is 0 Å². The lowest BCUT2D eigenvalue weighted by Crippen LogP contribution is -1.98. The molecule has 0 saturated heterocycles. The van der Waals surface area contributed by atoms with E-state index in [1.165, 1.54) is 25.3 Å². The largest absolute Gasteiger partial charge is 0.504 e. The molecule has 0 aliphatic rings. The van der Waals surface area contributed by atoms with Crippen molar-refractivity contribution in [2.24, 2.45) is 0 Å². The molecule has 0 atom stereocenters. The fourth-order valence-corrected chi connectivity index (χ4v) is 1.96. The van der Waals surface area contributed by atoms with Gasteiger partial charge in [0.2, 0.25) is 11.2 Å². The first-order chi connectivity index (χ1) is 8.47. The van der Waals surface area contributed by atoms with Crippen LogP contribution in [0.25, 0.3) is 10.8 Å². The number of benzene rings is 1. The Labute approximate surface area is 110 Å². The van der Waals surface area contributed by atoms with Gasteiger partial charge in [-0.2, -0.15) is 0 Å². The fraction of sp³-hybridized carbons (Fsp3) is 0.0833. The van der Waals surface area contributed by atoms with Crippen LogP contribution in [0.2, 0.25) is 0 Å². The maximum atomic E-state index is 11.9. The van der Waals surface area contributed by atoms with Crippen molar-refractivity contribution in [3.63, 3.8) is 0 Å². The van der Waals surface area contributed by atoms with E-state index in [9.17, 15) is 20.1 Å². The van der Waals surface area contributed by atoms with Crippen LogP contribution in [-0.2, 0) is 0 Å². The first kappa shape index (κ1) is 12.5. The standard InChI is InChI=1S/C12H9BrO5/c1-18-7-4-5-2-3-6(13)9(14)11(16)8(5)12(17)10(7)15/h2-4,15,17H,1H3,(H,14,16). The molecule has 5 nitrogen and oxygen atoms in total. The molecule has 0 unspecified atom stereocenters. The van der Waals surface area contributed by atoms with Gasteiger partial charge in [0.05, 0.1) is 17.0 Å². The minimum atomic E-state index is -0.780. The minimum Gasteiger partial charge on any atom is -0.504 e. The number of phenolic OH excluding ortho intramolecular Hbond substituents is 2. The van der Waals surface area contributed by atoms with Gasteiger partial charge in [0.25, 0.3) is 0 Å². The molecule has 2 rings (SSSR count). The number of ether oxygens (including phenoxy) is 1. The van der Waals surface area contributed by atoms with E-state index in [0.29, 0.717) is 5.39 Å². The van der Waals surface area contributed by atoms with Crippen molar-refractivity contribution in [3.8, 4) is 23.0 Å². The molecular formula is C12H9BrO5. The number of methoxy groups -OCH3 is 1. The summed E-state index contributed by atoms with van der Waals surface area (Å²) in [7, 11) is 1.33. The fourth-order valence-electron chi connectivity index (χ4n) is 1.65. The Kier molecular flexibility index (Phi) is 3.04. The molecule has 0 radical (unpaired) electrons. The molecule has 0 heterocycles. The van der Waals surface area contributed by atoms with Crippen molar-refractivity contribution < 1.29 is 20.1 Å². The molecular weight excluding hydrogens is 304 g/mol. The quantitative estimate of drug-likeness (QED) is 0.702. The van der Waals surface area contributed by atoms with E-state index in [4.69, 9.17) is 4.74 Å². The van der Waals surface area contributed by atoms with Crippen molar-refractivity contribution in [1.29, 1.82) is 0 Å². The summed E-state index contributed by atoms with van der Waals surface area (Å²) in [5.74, 6) is -1.65. The molecule has 3 N–H and O–H groups in total. The van der Waals surface area contributed by atoms with E-state index in [1.54, 1.807) is 0 Å². The SMILES string of the molecule is COc1cc2ccc(Br)c(O)c(=O)c2c(O)c1O. The molecule has 18 heavy (non-hydrogen) atoms. The summed E-state index contributed by atoms with van der Waals surface area (Å²) in [5.41, 5.74) is -0.780. The Morgan fingerprint density at radius 2 is 1.78 bits per heavy atom.